The Morgan fingerprint density at radius 1 is 0.789 bits per heavy atom. The standard InChI is InChI=1S/C47H54N4O6/c1-32(46(55)36-13-4-3-5-14-36)51(2)30-40-28-43(35-24-22-33(31-52)23-25-35)57-47(56-40)39-17-11-16-38(27-39)37-15-10-12-34(26-37)29-49-44(53)20-8-9-21-45(54)50-42-19-7-6-18-41(42)48/h3-7,10-19,22-27,32,40,43,46-47,52,55H,8-9,20-21,28-31,48H2,1-2H3,(H,49,53)(H,50,54)/t32-,40-,43+,46-,47+/m1/s1. The van der Waals surface area contributed by atoms with Gasteiger partial charge in [-0.25, -0.2) is 0 Å². The number of nitrogens with two attached hydrogens (primary N) is 1. The van der Waals surface area contributed by atoms with Gasteiger partial charge in [-0.15, -0.1) is 0 Å². The quantitative estimate of drug-likeness (QED) is 0.0475. The number of rotatable bonds is 17. The fraction of sp³-hybridized carbons (Fsp3) is 0.319. The molecule has 1 fully saturated rings. The summed E-state index contributed by atoms with van der Waals surface area (Å²) in [7, 11) is 2.01. The Hall–Kier alpha value is -5.36. The minimum absolute atomic E-state index is 0.0268. The maximum atomic E-state index is 12.7. The van der Waals surface area contributed by atoms with Crippen molar-refractivity contribution in [1.29, 1.82) is 0 Å². The number of aliphatic hydroxyl groups excluding tert-OH is 2. The number of likely N-dealkylation sites (N-methyl/N-ethyl adjacent to an activating group) is 1. The number of nitrogens with zero attached hydrogens (tertiary/aromatic N) is 1. The minimum Gasteiger partial charge on any atom is -0.397 e. The van der Waals surface area contributed by atoms with E-state index >= 15 is 0 Å². The molecule has 0 aliphatic carbocycles. The van der Waals surface area contributed by atoms with Gasteiger partial charge in [0.1, 0.15) is 0 Å². The molecule has 2 amide bonds. The molecule has 57 heavy (non-hydrogen) atoms. The second kappa shape index (κ2) is 20.2. The molecule has 1 aliphatic rings. The van der Waals surface area contributed by atoms with Crippen molar-refractivity contribution in [1.82, 2.24) is 10.2 Å². The molecular formula is C47H54N4O6. The third-order valence-corrected chi connectivity index (χ3v) is 10.6. The molecule has 0 aromatic heterocycles. The number of unbranched alkanes of at least 4 members (excludes halogenated alkanes) is 1. The zero-order valence-corrected chi connectivity index (χ0v) is 32.7. The van der Waals surface area contributed by atoms with Crippen LogP contribution < -0.4 is 16.4 Å². The third-order valence-electron chi connectivity index (χ3n) is 10.6. The van der Waals surface area contributed by atoms with E-state index < -0.39 is 12.4 Å². The van der Waals surface area contributed by atoms with Gasteiger partial charge in [0.05, 0.1) is 36.3 Å². The molecule has 0 radical (unpaired) electrons. The average molecular weight is 771 g/mol. The number of carbonyl (C=O) groups is 2. The topological polar surface area (TPSA) is 146 Å². The molecule has 5 aromatic rings. The summed E-state index contributed by atoms with van der Waals surface area (Å²) in [6, 6.07) is 40.8. The lowest BCUT2D eigenvalue weighted by Gasteiger charge is -2.39. The van der Waals surface area contributed by atoms with Crippen molar-refractivity contribution in [3.8, 4) is 11.1 Å². The molecule has 0 saturated carbocycles. The number of para-hydroxylation sites is 2. The smallest absolute Gasteiger partial charge is 0.224 e. The fourth-order valence-electron chi connectivity index (χ4n) is 7.10. The SMILES string of the molecule is C[C@H]([C@@H](O)c1ccccc1)N(C)C[C@H]1C[C@@H](c2ccc(CO)cc2)O[C@@H](c2cccc(-c3cccc(CNC(=O)CCCCC(=O)Nc4ccccc4N)c3)c2)O1. The van der Waals surface area contributed by atoms with Crippen molar-refractivity contribution in [2.75, 3.05) is 24.6 Å². The largest absolute Gasteiger partial charge is 0.397 e. The van der Waals surface area contributed by atoms with Gasteiger partial charge >= 0.3 is 0 Å². The number of hydrogen-bond acceptors (Lipinski definition) is 8. The predicted molar refractivity (Wildman–Crippen MR) is 224 cm³/mol. The lowest BCUT2D eigenvalue weighted by molar-refractivity contribution is -0.253. The summed E-state index contributed by atoms with van der Waals surface area (Å²) in [5.41, 5.74) is 13.6. The first-order valence-electron chi connectivity index (χ1n) is 19.7. The Labute approximate surface area is 335 Å². The summed E-state index contributed by atoms with van der Waals surface area (Å²) in [6.45, 7) is 2.97. The van der Waals surface area contributed by atoms with Gasteiger partial charge in [-0.3, -0.25) is 14.5 Å². The zero-order valence-electron chi connectivity index (χ0n) is 32.7. The number of carbonyl (C=O) groups excluding carboxylic acids is 2. The molecule has 6 rings (SSSR count). The van der Waals surface area contributed by atoms with Gasteiger partial charge in [0.25, 0.3) is 0 Å². The van der Waals surface area contributed by atoms with Gasteiger partial charge in [-0.1, -0.05) is 103 Å². The Morgan fingerprint density at radius 2 is 1.47 bits per heavy atom. The normalized spacial score (nSPS) is 17.8. The van der Waals surface area contributed by atoms with E-state index in [9.17, 15) is 19.8 Å². The van der Waals surface area contributed by atoms with Gasteiger partial charge < -0.3 is 36.1 Å². The van der Waals surface area contributed by atoms with Crippen LogP contribution >= 0.6 is 0 Å². The van der Waals surface area contributed by atoms with Crippen molar-refractivity contribution in [2.45, 2.75) is 82.8 Å². The number of anilines is 2. The molecule has 10 heteroatoms. The Balaban J connectivity index is 1.07. The summed E-state index contributed by atoms with van der Waals surface area (Å²) in [6.07, 6.45) is 0.737. The highest BCUT2D eigenvalue weighted by atomic mass is 16.7. The highest BCUT2D eigenvalue weighted by Crippen LogP contribution is 2.39. The second-order valence-electron chi connectivity index (χ2n) is 14.8. The molecule has 1 heterocycles. The molecular weight excluding hydrogens is 717 g/mol. The van der Waals surface area contributed by atoms with E-state index in [2.05, 4.69) is 33.7 Å². The predicted octanol–water partition coefficient (Wildman–Crippen LogP) is 7.84. The Morgan fingerprint density at radius 3 is 2.21 bits per heavy atom. The lowest BCUT2D eigenvalue weighted by Crippen LogP contribution is -2.43. The van der Waals surface area contributed by atoms with Crippen LogP contribution in [0, 0.1) is 0 Å². The summed E-state index contributed by atoms with van der Waals surface area (Å²) in [5, 5.41) is 26.6. The van der Waals surface area contributed by atoms with Gasteiger partial charge in [0, 0.05) is 44.0 Å². The summed E-state index contributed by atoms with van der Waals surface area (Å²) >= 11 is 0. The number of ether oxygens (including phenoxy) is 2. The van der Waals surface area contributed by atoms with E-state index in [1.54, 1.807) is 12.1 Å². The first-order valence-corrected chi connectivity index (χ1v) is 19.7. The Bertz CT molecular complexity index is 2060. The fourth-order valence-corrected chi connectivity index (χ4v) is 7.10. The molecule has 6 N–H and O–H groups in total. The monoisotopic (exact) mass is 770 g/mol. The average Bonchev–Trinajstić information content (AvgIpc) is 3.25. The maximum absolute atomic E-state index is 12.7. The van der Waals surface area contributed by atoms with Crippen molar-refractivity contribution in [3.63, 3.8) is 0 Å². The summed E-state index contributed by atoms with van der Waals surface area (Å²) in [5.74, 6) is -0.187. The van der Waals surface area contributed by atoms with Crippen molar-refractivity contribution >= 4 is 23.2 Å². The van der Waals surface area contributed by atoms with Crippen molar-refractivity contribution in [3.05, 3.63) is 155 Å². The highest BCUT2D eigenvalue weighted by Gasteiger charge is 2.34. The van der Waals surface area contributed by atoms with E-state index in [1.165, 1.54) is 0 Å². The van der Waals surface area contributed by atoms with Gasteiger partial charge in [-0.2, -0.15) is 0 Å². The molecule has 1 aliphatic heterocycles. The van der Waals surface area contributed by atoms with E-state index in [-0.39, 0.29) is 36.7 Å². The number of aliphatic hydroxyl groups is 2. The second-order valence-corrected chi connectivity index (χ2v) is 14.8. The van der Waals surface area contributed by atoms with E-state index in [4.69, 9.17) is 15.2 Å². The molecule has 1 saturated heterocycles. The molecule has 0 unspecified atom stereocenters. The molecule has 298 valence electrons. The highest BCUT2D eigenvalue weighted by molar-refractivity contribution is 5.93. The lowest BCUT2D eigenvalue weighted by atomic mass is 9.97. The van der Waals surface area contributed by atoms with Gasteiger partial charge in [0.15, 0.2) is 6.29 Å². The van der Waals surface area contributed by atoms with Crippen molar-refractivity contribution in [2.24, 2.45) is 0 Å². The molecule has 0 bridgehead atoms. The number of nitrogens with one attached hydrogen (secondary N) is 2. The van der Waals surface area contributed by atoms with E-state index in [0.29, 0.717) is 56.6 Å². The maximum Gasteiger partial charge on any atom is 0.224 e. The number of benzene rings is 5. The van der Waals surface area contributed by atoms with Crippen molar-refractivity contribution < 1.29 is 29.3 Å². The number of hydrogen-bond donors (Lipinski definition) is 5. The first-order chi connectivity index (χ1) is 27.7. The summed E-state index contributed by atoms with van der Waals surface area (Å²) < 4.78 is 13.3. The van der Waals surface area contributed by atoms with Crippen LogP contribution in [0.3, 0.4) is 0 Å². The minimum atomic E-state index is -0.652. The van der Waals surface area contributed by atoms with Crippen LogP contribution in [0.5, 0.6) is 0 Å². The van der Waals surface area contributed by atoms with Crippen LogP contribution in [-0.4, -0.2) is 52.7 Å². The van der Waals surface area contributed by atoms with Crippen LogP contribution in [0.25, 0.3) is 11.1 Å². The van der Waals surface area contributed by atoms with Crippen LogP contribution in [0.1, 0.15) is 85.3 Å². The molecule has 0 spiro atoms. The van der Waals surface area contributed by atoms with Crippen LogP contribution in [0.2, 0.25) is 0 Å². The van der Waals surface area contributed by atoms with Crippen LogP contribution in [-0.2, 0) is 32.2 Å². The third kappa shape index (κ3) is 11.6. The Kier molecular flexibility index (Phi) is 14.6. The first kappa shape index (κ1) is 41.3. The van der Waals surface area contributed by atoms with E-state index in [0.717, 1.165) is 38.9 Å². The molecule has 5 atom stereocenters. The summed E-state index contributed by atoms with van der Waals surface area (Å²) in [4.78, 5) is 27.1. The van der Waals surface area contributed by atoms with Crippen LogP contribution in [0.4, 0.5) is 11.4 Å². The molecule has 10 nitrogen and oxygen atoms in total. The van der Waals surface area contributed by atoms with Crippen LogP contribution in [0.15, 0.2) is 127 Å². The van der Waals surface area contributed by atoms with E-state index in [1.807, 2.05) is 111 Å². The molecule has 5 aromatic carbocycles. The van der Waals surface area contributed by atoms with Gasteiger partial charge in [0.2, 0.25) is 11.8 Å². The van der Waals surface area contributed by atoms with Gasteiger partial charge in [-0.05, 0) is 84.5 Å². The zero-order chi connectivity index (χ0) is 40.1. The number of amides is 2. The number of nitrogen functional groups attached to an aromatic ring is 1.